The van der Waals surface area contributed by atoms with E-state index >= 15 is 0 Å². The van der Waals surface area contributed by atoms with Gasteiger partial charge in [-0.05, 0) is 41.6 Å². The molecule has 0 radical (unpaired) electrons. The van der Waals surface area contributed by atoms with Crippen LogP contribution in [0, 0.1) is 10.6 Å². The minimum absolute atomic E-state index is 0.965. The molecular weight excluding hydrogens is 263 g/mol. The third kappa shape index (κ3) is 1.41. The fraction of sp³-hybridized carbons (Fsp3) is 0.111. The van der Waals surface area contributed by atoms with Gasteiger partial charge in [-0.15, -0.1) is 0 Å². The molecule has 0 saturated carbocycles. The Kier molecular flexibility index (Phi) is 1.96. The zero-order valence-corrected chi connectivity index (χ0v) is 8.74. The van der Waals surface area contributed by atoms with Crippen molar-refractivity contribution in [1.29, 1.82) is 0 Å². The number of hydrogen-bond donors (Lipinski definition) is 0. The molecule has 0 aliphatic rings. The molecule has 2 heterocycles. The Morgan fingerprint density at radius 3 is 3.00 bits per heavy atom. The Bertz CT molecular complexity index is 385. The lowest BCUT2D eigenvalue weighted by Gasteiger charge is -1.97. The summed E-state index contributed by atoms with van der Waals surface area (Å²) < 4.78 is 1.01. The highest BCUT2D eigenvalue weighted by Crippen LogP contribution is 2.13. The number of aromatic nitrogens is 2. The molecule has 0 N–H and O–H groups in total. The van der Waals surface area contributed by atoms with Gasteiger partial charge < -0.3 is 0 Å². The zero-order valence-electron chi connectivity index (χ0n) is 6.58. The van der Waals surface area contributed by atoms with Crippen molar-refractivity contribution < 1.29 is 0 Å². The highest BCUT2D eigenvalue weighted by Gasteiger charge is 1.95. The third-order valence-electron chi connectivity index (χ3n) is 1.68. The van der Waals surface area contributed by atoms with E-state index in [2.05, 4.69) is 38.6 Å². The highest BCUT2D eigenvalue weighted by molar-refractivity contribution is 14.1. The second-order valence-electron chi connectivity index (χ2n) is 2.65. The second-order valence-corrected chi connectivity index (χ2v) is 3.76. The number of hydrogen-bond acceptors (Lipinski definition) is 2. The summed E-state index contributed by atoms with van der Waals surface area (Å²) in [4.78, 5) is 8.52. The standard InChI is InChI=1S/C9H7IN2/c1-6-4-7-2-3-9(10)12-8(7)5-11-6/h2-5H,1H3. The van der Waals surface area contributed by atoms with Crippen LogP contribution in [0.5, 0.6) is 0 Å². The van der Waals surface area contributed by atoms with E-state index < -0.39 is 0 Å². The monoisotopic (exact) mass is 270 g/mol. The maximum atomic E-state index is 4.34. The molecule has 12 heavy (non-hydrogen) atoms. The predicted octanol–water partition coefficient (Wildman–Crippen LogP) is 2.54. The highest BCUT2D eigenvalue weighted by atomic mass is 127. The largest absolute Gasteiger partial charge is 0.259 e. The summed E-state index contributed by atoms with van der Waals surface area (Å²) in [6, 6.07) is 6.11. The Hall–Kier alpha value is -0.710. The fourth-order valence-corrected chi connectivity index (χ4v) is 1.55. The van der Waals surface area contributed by atoms with E-state index in [1.165, 1.54) is 0 Å². The molecule has 0 aliphatic heterocycles. The van der Waals surface area contributed by atoms with E-state index in [0.717, 1.165) is 20.3 Å². The first-order valence-electron chi connectivity index (χ1n) is 3.64. The molecule has 2 nitrogen and oxygen atoms in total. The van der Waals surface area contributed by atoms with Crippen LogP contribution in [0.25, 0.3) is 10.9 Å². The minimum Gasteiger partial charge on any atom is -0.259 e. The van der Waals surface area contributed by atoms with Crippen LogP contribution in [0.15, 0.2) is 24.4 Å². The summed E-state index contributed by atoms with van der Waals surface area (Å²) in [6.07, 6.45) is 1.81. The van der Waals surface area contributed by atoms with E-state index in [9.17, 15) is 0 Å². The lowest BCUT2D eigenvalue weighted by Crippen LogP contribution is -1.85. The first kappa shape index (κ1) is 7.91. The van der Waals surface area contributed by atoms with Crippen LogP contribution < -0.4 is 0 Å². The summed E-state index contributed by atoms with van der Waals surface area (Å²) >= 11 is 2.20. The topological polar surface area (TPSA) is 25.8 Å². The average Bonchev–Trinajstić information content (AvgIpc) is 2.05. The Morgan fingerprint density at radius 2 is 2.17 bits per heavy atom. The molecule has 0 spiro atoms. The molecule has 3 heteroatoms. The van der Waals surface area contributed by atoms with Crippen LogP contribution in [0.2, 0.25) is 0 Å². The van der Waals surface area contributed by atoms with Crippen molar-refractivity contribution in [2.75, 3.05) is 0 Å². The Balaban J connectivity index is 2.79. The maximum Gasteiger partial charge on any atom is 0.102 e. The van der Waals surface area contributed by atoms with Crippen molar-refractivity contribution in [2.45, 2.75) is 6.92 Å². The van der Waals surface area contributed by atoms with Gasteiger partial charge in [-0.2, -0.15) is 0 Å². The molecule has 0 bridgehead atoms. The fourth-order valence-electron chi connectivity index (χ4n) is 1.11. The van der Waals surface area contributed by atoms with Crippen LogP contribution in [0.4, 0.5) is 0 Å². The normalized spacial score (nSPS) is 10.5. The summed E-state index contributed by atoms with van der Waals surface area (Å²) in [6.45, 7) is 1.98. The SMILES string of the molecule is Cc1cc2ccc(I)nc2cn1. The summed E-state index contributed by atoms with van der Waals surface area (Å²) in [5.74, 6) is 0. The smallest absolute Gasteiger partial charge is 0.102 e. The maximum absolute atomic E-state index is 4.34. The number of pyridine rings is 2. The third-order valence-corrected chi connectivity index (χ3v) is 2.28. The van der Waals surface area contributed by atoms with E-state index in [1.807, 2.05) is 25.3 Å². The molecule has 0 unspecified atom stereocenters. The lowest BCUT2D eigenvalue weighted by atomic mass is 10.2. The van der Waals surface area contributed by atoms with E-state index in [1.54, 1.807) is 0 Å². The molecular formula is C9H7IN2. The van der Waals surface area contributed by atoms with Gasteiger partial charge in [0.1, 0.15) is 3.70 Å². The van der Waals surface area contributed by atoms with Crippen molar-refractivity contribution in [2.24, 2.45) is 0 Å². The van der Waals surface area contributed by atoms with Gasteiger partial charge in [0.2, 0.25) is 0 Å². The second kappa shape index (κ2) is 2.97. The number of halogens is 1. The molecule has 2 rings (SSSR count). The summed E-state index contributed by atoms with van der Waals surface area (Å²) in [5.41, 5.74) is 2.00. The molecule has 0 amide bonds. The molecule has 2 aromatic rings. The lowest BCUT2D eigenvalue weighted by molar-refractivity contribution is 1.20. The first-order valence-corrected chi connectivity index (χ1v) is 4.72. The average molecular weight is 270 g/mol. The van der Waals surface area contributed by atoms with Gasteiger partial charge in [-0.3, -0.25) is 4.98 Å². The molecule has 2 aromatic heterocycles. The van der Waals surface area contributed by atoms with Gasteiger partial charge >= 0.3 is 0 Å². The zero-order chi connectivity index (χ0) is 8.55. The van der Waals surface area contributed by atoms with Crippen molar-refractivity contribution in [3.63, 3.8) is 0 Å². The number of aryl methyl sites for hydroxylation is 1. The van der Waals surface area contributed by atoms with Crippen LogP contribution in [0.3, 0.4) is 0 Å². The van der Waals surface area contributed by atoms with Gasteiger partial charge in [0.15, 0.2) is 0 Å². The van der Waals surface area contributed by atoms with Crippen LogP contribution in [0.1, 0.15) is 5.69 Å². The number of nitrogens with zero attached hydrogens (tertiary/aromatic N) is 2. The number of fused-ring (bicyclic) bond motifs is 1. The molecule has 0 atom stereocenters. The molecule has 60 valence electrons. The Morgan fingerprint density at radius 1 is 1.33 bits per heavy atom. The van der Waals surface area contributed by atoms with E-state index in [4.69, 9.17) is 0 Å². The predicted molar refractivity (Wildman–Crippen MR) is 57.0 cm³/mol. The quantitative estimate of drug-likeness (QED) is 0.543. The van der Waals surface area contributed by atoms with Gasteiger partial charge in [0, 0.05) is 11.1 Å². The number of rotatable bonds is 0. The molecule has 0 saturated heterocycles. The van der Waals surface area contributed by atoms with Gasteiger partial charge in [-0.25, -0.2) is 4.98 Å². The molecule has 0 aliphatic carbocycles. The van der Waals surface area contributed by atoms with Crippen molar-refractivity contribution in [1.82, 2.24) is 9.97 Å². The Labute approximate surface area is 84.2 Å². The van der Waals surface area contributed by atoms with Crippen molar-refractivity contribution in [3.05, 3.63) is 33.8 Å². The first-order chi connectivity index (χ1) is 5.75. The van der Waals surface area contributed by atoms with Crippen molar-refractivity contribution in [3.8, 4) is 0 Å². The van der Waals surface area contributed by atoms with Gasteiger partial charge in [-0.1, -0.05) is 6.07 Å². The van der Waals surface area contributed by atoms with E-state index in [-0.39, 0.29) is 0 Å². The van der Waals surface area contributed by atoms with Crippen LogP contribution >= 0.6 is 22.6 Å². The van der Waals surface area contributed by atoms with Gasteiger partial charge in [0.05, 0.1) is 11.7 Å². The molecule has 0 fully saturated rings. The molecule has 0 aromatic carbocycles. The minimum atomic E-state index is 0.965. The van der Waals surface area contributed by atoms with Crippen LogP contribution in [-0.2, 0) is 0 Å². The van der Waals surface area contributed by atoms with Crippen LogP contribution in [-0.4, -0.2) is 9.97 Å². The van der Waals surface area contributed by atoms with Gasteiger partial charge in [0.25, 0.3) is 0 Å². The van der Waals surface area contributed by atoms with Crippen molar-refractivity contribution >= 4 is 33.5 Å². The van der Waals surface area contributed by atoms with E-state index in [0.29, 0.717) is 0 Å². The summed E-state index contributed by atoms with van der Waals surface area (Å²) in [7, 11) is 0. The summed E-state index contributed by atoms with van der Waals surface area (Å²) in [5, 5.41) is 1.16.